The van der Waals surface area contributed by atoms with Crippen LogP contribution in [0.15, 0.2) is 6.07 Å². The summed E-state index contributed by atoms with van der Waals surface area (Å²) in [7, 11) is 2.26. The topological polar surface area (TPSA) is 91.6 Å². The molecule has 0 saturated carbocycles. The minimum atomic E-state index is -3.16. The van der Waals surface area contributed by atoms with E-state index in [4.69, 9.17) is 0 Å². The van der Waals surface area contributed by atoms with Gasteiger partial charge in [0, 0.05) is 11.6 Å². The van der Waals surface area contributed by atoms with Gasteiger partial charge in [-0.1, -0.05) is 0 Å². The summed E-state index contributed by atoms with van der Waals surface area (Å²) in [5.41, 5.74) is -2.18. The Labute approximate surface area is 106 Å². The molecule has 0 spiro atoms. The molecule has 0 N–H and O–H groups in total. The van der Waals surface area contributed by atoms with E-state index in [9.17, 15) is 23.7 Å². The van der Waals surface area contributed by atoms with Crippen molar-refractivity contribution in [3.8, 4) is 5.88 Å². The standard InChI is InChI=1S/C10H10F2N2O5/c1-18-6-3-5(4-7(15)19-2)9(14(16)17)8(13-6)10(11)12/h3,10H,4H2,1-2H3. The number of hydrogen-bond donors (Lipinski definition) is 0. The zero-order chi connectivity index (χ0) is 14.6. The Hall–Kier alpha value is -2.32. The Kier molecular flexibility index (Phi) is 4.67. The quantitative estimate of drug-likeness (QED) is 0.461. The molecule has 0 unspecified atom stereocenters. The third-order valence-electron chi connectivity index (χ3n) is 2.24. The van der Waals surface area contributed by atoms with Crippen molar-refractivity contribution in [2.45, 2.75) is 12.8 Å². The van der Waals surface area contributed by atoms with Crippen LogP contribution in [0.2, 0.25) is 0 Å². The Morgan fingerprint density at radius 3 is 2.58 bits per heavy atom. The first-order chi connectivity index (χ1) is 8.90. The number of rotatable bonds is 5. The number of ether oxygens (including phenoxy) is 2. The van der Waals surface area contributed by atoms with Crippen molar-refractivity contribution in [2.75, 3.05) is 14.2 Å². The van der Waals surface area contributed by atoms with E-state index in [0.29, 0.717) is 0 Å². The average molecular weight is 276 g/mol. The summed E-state index contributed by atoms with van der Waals surface area (Å²) < 4.78 is 34.6. The summed E-state index contributed by atoms with van der Waals surface area (Å²) >= 11 is 0. The summed E-state index contributed by atoms with van der Waals surface area (Å²) in [5.74, 6) is -1.03. The van der Waals surface area contributed by atoms with Gasteiger partial charge in [-0.15, -0.1) is 0 Å². The summed E-state index contributed by atoms with van der Waals surface area (Å²) in [6, 6.07) is 1.06. The van der Waals surface area contributed by atoms with Crippen LogP contribution in [0.5, 0.6) is 5.88 Å². The number of methoxy groups -OCH3 is 2. The lowest BCUT2D eigenvalue weighted by Crippen LogP contribution is -2.10. The summed E-state index contributed by atoms with van der Waals surface area (Å²) in [6.07, 6.45) is -3.68. The molecule has 104 valence electrons. The molecule has 0 aliphatic heterocycles. The van der Waals surface area contributed by atoms with Gasteiger partial charge in [0.25, 0.3) is 6.43 Å². The van der Waals surface area contributed by atoms with Crippen LogP contribution in [-0.2, 0) is 16.0 Å². The molecule has 0 amide bonds. The van der Waals surface area contributed by atoms with E-state index >= 15 is 0 Å². The van der Waals surface area contributed by atoms with E-state index in [1.807, 2.05) is 0 Å². The molecule has 0 saturated heterocycles. The fourth-order valence-corrected chi connectivity index (χ4v) is 1.42. The zero-order valence-corrected chi connectivity index (χ0v) is 10.1. The first-order valence-electron chi connectivity index (χ1n) is 4.97. The molecule has 9 heteroatoms. The molecule has 0 aliphatic rings. The lowest BCUT2D eigenvalue weighted by atomic mass is 10.1. The van der Waals surface area contributed by atoms with Gasteiger partial charge in [-0.05, 0) is 0 Å². The number of nitrogens with zero attached hydrogens (tertiary/aromatic N) is 2. The second-order valence-electron chi connectivity index (χ2n) is 3.37. The van der Waals surface area contributed by atoms with E-state index in [0.717, 1.165) is 13.2 Å². The Balaban J connectivity index is 3.43. The smallest absolute Gasteiger partial charge is 0.310 e. The van der Waals surface area contributed by atoms with Gasteiger partial charge in [-0.2, -0.15) is 0 Å². The average Bonchev–Trinajstić information content (AvgIpc) is 2.36. The van der Waals surface area contributed by atoms with Gasteiger partial charge in [-0.3, -0.25) is 14.9 Å². The van der Waals surface area contributed by atoms with Gasteiger partial charge in [-0.25, -0.2) is 13.8 Å². The molecule has 1 rings (SSSR count). The predicted molar refractivity (Wildman–Crippen MR) is 58.1 cm³/mol. The van der Waals surface area contributed by atoms with E-state index in [1.165, 1.54) is 7.11 Å². The van der Waals surface area contributed by atoms with Crippen LogP contribution >= 0.6 is 0 Å². The number of alkyl halides is 2. The first kappa shape index (κ1) is 14.7. The molecule has 0 fully saturated rings. The number of halogens is 2. The number of esters is 1. The second-order valence-corrected chi connectivity index (χ2v) is 3.37. The van der Waals surface area contributed by atoms with Crippen LogP contribution in [0.25, 0.3) is 0 Å². The van der Waals surface area contributed by atoms with Crippen molar-refractivity contribution in [3.05, 3.63) is 27.4 Å². The number of pyridine rings is 1. The largest absolute Gasteiger partial charge is 0.481 e. The first-order valence-corrected chi connectivity index (χ1v) is 4.97. The molecular formula is C10H10F2N2O5. The van der Waals surface area contributed by atoms with Crippen molar-refractivity contribution in [1.82, 2.24) is 4.98 Å². The number of carbonyl (C=O) groups is 1. The monoisotopic (exact) mass is 276 g/mol. The number of nitro groups is 1. The summed E-state index contributed by atoms with van der Waals surface area (Å²) in [4.78, 5) is 24.3. The van der Waals surface area contributed by atoms with Gasteiger partial charge in [0.2, 0.25) is 5.88 Å². The number of aromatic nitrogens is 1. The lowest BCUT2D eigenvalue weighted by Gasteiger charge is -2.08. The highest BCUT2D eigenvalue weighted by Gasteiger charge is 2.30. The molecule has 0 radical (unpaired) electrons. The van der Waals surface area contributed by atoms with Crippen LogP contribution in [0, 0.1) is 10.1 Å². The maximum Gasteiger partial charge on any atom is 0.310 e. The third-order valence-corrected chi connectivity index (χ3v) is 2.24. The maximum atomic E-state index is 12.8. The Bertz CT molecular complexity index is 507. The van der Waals surface area contributed by atoms with Crippen molar-refractivity contribution < 1.29 is 28.0 Å². The highest BCUT2D eigenvalue weighted by molar-refractivity contribution is 5.74. The second kappa shape index (κ2) is 6.03. The number of carbonyl (C=O) groups excluding carboxylic acids is 1. The van der Waals surface area contributed by atoms with Crippen molar-refractivity contribution in [1.29, 1.82) is 0 Å². The van der Waals surface area contributed by atoms with E-state index in [-0.39, 0.29) is 11.4 Å². The number of hydrogen-bond acceptors (Lipinski definition) is 6. The van der Waals surface area contributed by atoms with E-state index < -0.39 is 35.1 Å². The molecule has 1 aromatic heterocycles. The highest BCUT2D eigenvalue weighted by Crippen LogP contribution is 2.33. The van der Waals surface area contributed by atoms with Crippen LogP contribution in [0.1, 0.15) is 17.7 Å². The molecular weight excluding hydrogens is 266 g/mol. The molecule has 1 heterocycles. The normalized spacial score (nSPS) is 10.4. The minimum absolute atomic E-state index is 0.236. The maximum absolute atomic E-state index is 12.8. The fraction of sp³-hybridized carbons (Fsp3) is 0.400. The van der Waals surface area contributed by atoms with Gasteiger partial charge >= 0.3 is 11.7 Å². The van der Waals surface area contributed by atoms with Gasteiger partial charge in [0.05, 0.1) is 25.6 Å². The minimum Gasteiger partial charge on any atom is -0.481 e. The van der Waals surface area contributed by atoms with Crippen molar-refractivity contribution in [2.24, 2.45) is 0 Å². The molecule has 0 aromatic carbocycles. The van der Waals surface area contributed by atoms with Gasteiger partial charge < -0.3 is 9.47 Å². The molecule has 7 nitrogen and oxygen atoms in total. The van der Waals surface area contributed by atoms with Gasteiger partial charge in [0.15, 0.2) is 5.69 Å². The molecule has 0 aliphatic carbocycles. The Morgan fingerprint density at radius 1 is 1.53 bits per heavy atom. The summed E-state index contributed by atoms with van der Waals surface area (Å²) in [6.45, 7) is 0. The SMILES string of the molecule is COC(=O)Cc1cc(OC)nc(C(F)F)c1[N+](=O)[O-]. The molecule has 0 atom stereocenters. The molecule has 19 heavy (non-hydrogen) atoms. The van der Waals surface area contributed by atoms with Gasteiger partial charge in [0.1, 0.15) is 0 Å². The Morgan fingerprint density at radius 2 is 2.16 bits per heavy atom. The van der Waals surface area contributed by atoms with Crippen LogP contribution in [0.3, 0.4) is 0 Å². The van der Waals surface area contributed by atoms with Crippen molar-refractivity contribution in [3.63, 3.8) is 0 Å². The zero-order valence-electron chi connectivity index (χ0n) is 10.1. The highest BCUT2D eigenvalue weighted by atomic mass is 19.3. The molecule has 1 aromatic rings. The predicted octanol–water partition coefficient (Wildman–Crippen LogP) is 1.65. The van der Waals surface area contributed by atoms with E-state index in [1.54, 1.807) is 0 Å². The fourth-order valence-electron chi connectivity index (χ4n) is 1.42. The van der Waals surface area contributed by atoms with Crippen LogP contribution in [0.4, 0.5) is 14.5 Å². The lowest BCUT2D eigenvalue weighted by molar-refractivity contribution is -0.387. The van der Waals surface area contributed by atoms with Crippen molar-refractivity contribution >= 4 is 11.7 Å². The van der Waals surface area contributed by atoms with E-state index in [2.05, 4.69) is 14.5 Å². The van der Waals surface area contributed by atoms with Crippen LogP contribution < -0.4 is 4.74 Å². The van der Waals surface area contributed by atoms with Crippen LogP contribution in [-0.4, -0.2) is 30.1 Å². The summed E-state index contributed by atoms with van der Waals surface area (Å²) in [5, 5.41) is 10.9. The third kappa shape index (κ3) is 3.33. The molecule has 0 bridgehead atoms.